The van der Waals surface area contributed by atoms with E-state index in [0.29, 0.717) is 18.1 Å². The van der Waals surface area contributed by atoms with E-state index >= 15 is 0 Å². The molecule has 1 heteroatoms. The third-order valence-electron chi connectivity index (χ3n) is 5.84. The molecule has 1 aliphatic carbocycles. The number of rotatable bonds is 3. The number of allylic oxidation sites excluding steroid dienone is 2. The molecular formula is C25H30O. The quantitative estimate of drug-likeness (QED) is 0.597. The molecular weight excluding hydrogens is 316 g/mol. The maximum absolute atomic E-state index is 13.7. The van der Waals surface area contributed by atoms with Crippen molar-refractivity contribution in [1.29, 1.82) is 0 Å². The Morgan fingerprint density at radius 2 is 1.65 bits per heavy atom. The number of benzene rings is 2. The van der Waals surface area contributed by atoms with Gasteiger partial charge >= 0.3 is 0 Å². The Morgan fingerprint density at radius 1 is 1.00 bits per heavy atom. The summed E-state index contributed by atoms with van der Waals surface area (Å²) in [5, 5.41) is 0. The van der Waals surface area contributed by atoms with Crippen molar-refractivity contribution in [2.24, 2.45) is 5.92 Å². The van der Waals surface area contributed by atoms with E-state index in [1.165, 1.54) is 16.7 Å². The first kappa shape index (κ1) is 18.6. The topological polar surface area (TPSA) is 17.1 Å². The van der Waals surface area contributed by atoms with Crippen LogP contribution in [0.2, 0.25) is 0 Å². The zero-order valence-corrected chi connectivity index (χ0v) is 16.1. The van der Waals surface area contributed by atoms with Gasteiger partial charge in [-0.25, -0.2) is 0 Å². The number of Topliss-reactive ketones (excluding diaryl/α,β-unsaturated/α-hetero) is 1. The molecule has 0 aliphatic heterocycles. The monoisotopic (exact) mass is 346 g/mol. The van der Waals surface area contributed by atoms with Gasteiger partial charge in [-0.3, -0.25) is 4.79 Å². The molecule has 0 saturated carbocycles. The molecule has 0 unspecified atom stereocenters. The van der Waals surface area contributed by atoms with Crippen LogP contribution in [0, 0.1) is 5.92 Å². The van der Waals surface area contributed by atoms with E-state index in [1.54, 1.807) is 0 Å². The van der Waals surface area contributed by atoms with E-state index in [2.05, 4.69) is 68.5 Å². The zero-order valence-electron chi connectivity index (χ0n) is 16.1. The fourth-order valence-electron chi connectivity index (χ4n) is 4.18. The Morgan fingerprint density at radius 3 is 2.35 bits per heavy atom. The molecule has 0 saturated heterocycles. The van der Waals surface area contributed by atoms with Crippen molar-refractivity contribution in [3.05, 3.63) is 83.4 Å². The minimum Gasteiger partial charge on any atom is -0.299 e. The summed E-state index contributed by atoms with van der Waals surface area (Å²) >= 11 is 0. The largest absolute Gasteiger partial charge is 0.299 e. The van der Waals surface area contributed by atoms with Gasteiger partial charge in [-0.2, -0.15) is 0 Å². The normalized spacial score (nSPS) is 26.8. The molecule has 0 fully saturated rings. The molecule has 2 aromatic rings. The van der Waals surface area contributed by atoms with Crippen LogP contribution in [-0.2, 0) is 16.6 Å². The van der Waals surface area contributed by atoms with Gasteiger partial charge in [0.25, 0.3) is 0 Å². The zero-order chi connectivity index (χ0) is 18.4. The standard InChI is InChI=1S/C25H30O/c1-20-10-9-11-21(2)18-24(26)25(17-16-20,23-14-7-4-8-15-23)19-22-12-5-3-6-13-22/h3-8,10,12-15,21H,9,11,16-19H2,1-2H3/b20-10+/t21-,25-/m1/s1. The lowest BCUT2D eigenvalue weighted by atomic mass is 9.66. The second kappa shape index (κ2) is 8.49. The smallest absolute Gasteiger partial charge is 0.144 e. The SMILES string of the molecule is C/C1=C\CC[C@@H](C)CC(=O)[C@](Cc2ccccc2)(c2ccccc2)CC1. The Bertz CT molecular complexity index is 744. The van der Waals surface area contributed by atoms with Crippen LogP contribution in [0.25, 0.3) is 0 Å². The molecule has 0 bridgehead atoms. The summed E-state index contributed by atoms with van der Waals surface area (Å²) in [5.74, 6) is 0.846. The van der Waals surface area contributed by atoms with E-state index in [0.717, 1.165) is 32.1 Å². The van der Waals surface area contributed by atoms with Crippen LogP contribution in [0.1, 0.15) is 57.1 Å². The first-order valence-electron chi connectivity index (χ1n) is 9.88. The molecule has 2 atom stereocenters. The second-order valence-corrected chi connectivity index (χ2v) is 7.97. The molecule has 26 heavy (non-hydrogen) atoms. The van der Waals surface area contributed by atoms with Crippen LogP contribution in [0.3, 0.4) is 0 Å². The summed E-state index contributed by atoms with van der Waals surface area (Å²) in [6, 6.07) is 21.0. The van der Waals surface area contributed by atoms with Gasteiger partial charge < -0.3 is 0 Å². The number of hydrogen-bond donors (Lipinski definition) is 0. The average molecular weight is 347 g/mol. The van der Waals surface area contributed by atoms with Gasteiger partial charge in [0.05, 0.1) is 5.41 Å². The first-order valence-corrected chi connectivity index (χ1v) is 9.88. The van der Waals surface area contributed by atoms with Crippen LogP contribution in [-0.4, -0.2) is 5.78 Å². The summed E-state index contributed by atoms with van der Waals surface area (Å²) in [5.41, 5.74) is 3.41. The van der Waals surface area contributed by atoms with Crippen molar-refractivity contribution in [1.82, 2.24) is 0 Å². The lowest BCUT2D eigenvalue weighted by Gasteiger charge is -2.35. The molecule has 1 nitrogen and oxygen atoms in total. The van der Waals surface area contributed by atoms with E-state index in [9.17, 15) is 4.79 Å². The Balaban J connectivity index is 2.07. The number of hydrogen-bond acceptors (Lipinski definition) is 1. The highest BCUT2D eigenvalue weighted by atomic mass is 16.1. The summed E-state index contributed by atoms with van der Waals surface area (Å²) < 4.78 is 0. The van der Waals surface area contributed by atoms with E-state index in [1.807, 2.05) is 12.1 Å². The van der Waals surface area contributed by atoms with Crippen LogP contribution in [0.5, 0.6) is 0 Å². The van der Waals surface area contributed by atoms with Crippen molar-refractivity contribution in [2.75, 3.05) is 0 Å². The lowest BCUT2D eigenvalue weighted by molar-refractivity contribution is -0.125. The van der Waals surface area contributed by atoms with Crippen molar-refractivity contribution < 1.29 is 4.79 Å². The number of ketones is 1. The summed E-state index contributed by atoms with van der Waals surface area (Å²) in [7, 11) is 0. The Hall–Kier alpha value is -2.15. The molecule has 136 valence electrons. The molecule has 0 radical (unpaired) electrons. The fraction of sp³-hybridized carbons (Fsp3) is 0.400. The third-order valence-corrected chi connectivity index (χ3v) is 5.84. The maximum atomic E-state index is 13.7. The molecule has 2 aromatic carbocycles. The minimum absolute atomic E-state index is 0.412. The fourth-order valence-corrected chi connectivity index (χ4v) is 4.18. The predicted molar refractivity (Wildman–Crippen MR) is 109 cm³/mol. The average Bonchev–Trinajstić information content (AvgIpc) is 2.66. The molecule has 0 heterocycles. The van der Waals surface area contributed by atoms with Crippen LogP contribution >= 0.6 is 0 Å². The second-order valence-electron chi connectivity index (χ2n) is 7.97. The van der Waals surface area contributed by atoms with E-state index < -0.39 is 5.41 Å². The molecule has 3 rings (SSSR count). The summed E-state index contributed by atoms with van der Waals surface area (Å²) in [4.78, 5) is 13.7. The van der Waals surface area contributed by atoms with E-state index in [-0.39, 0.29) is 0 Å². The van der Waals surface area contributed by atoms with Gasteiger partial charge in [-0.1, -0.05) is 79.2 Å². The maximum Gasteiger partial charge on any atom is 0.144 e. The van der Waals surface area contributed by atoms with Crippen molar-refractivity contribution >= 4 is 5.78 Å². The molecule has 0 N–H and O–H groups in total. The lowest BCUT2D eigenvalue weighted by Crippen LogP contribution is -2.39. The van der Waals surface area contributed by atoms with Crippen molar-refractivity contribution in [3.63, 3.8) is 0 Å². The molecule has 0 spiro atoms. The third kappa shape index (κ3) is 4.33. The highest BCUT2D eigenvalue weighted by Crippen LogP contribution is 2.38. The summed E-state index contributed by atoms with van der Waals surface area (Å²) in [6.07, 6.45) is 7.91. The van der Waals surface area contributed by atoms with Crippen LogP contribution in [0.15, 0.2) is 72.3 Å². The van der Waals surface area contributed by atoms with Gasteiger partial charge in [-0.15, -0.1) is 0 Å². The number of carbonyl (C=O) groups is 1. The van der Waals surface area contributed by atoms with Gasteiger partial charge in [0, 0.05) is 6.42 Å². The van der Waals surface area contributed by atoms with E-state index in [4.69, 9.17) is 0 Å². The highest BCUT2D eigenvalue weighted by Gasteiger charge is 2.39. The first-order chi connectivity index (χ1) is 12.6. The van der Waals surface area contributed by atoms with Gasteiger partial charge in [0.2, 0.25) is 0 Å². The highest BCUT2D eigenvalue weighted by molar-refractivity contribution is 5.90. The molecule has 1 aliphatic rings. The van der Waals surface area contributed by atoms with Crippen LogP contribution in [0.4, 0.5) is 0 Å². The minimum atomic E-state index is -0.427. The van der Waals surface area contributed by atoms with Gasteiger partial charge in [0.1, 0.15) is 5.78 Å². The van der Waals surface area contributed by atoms with Crippen molar-refractivity contribution in [3.8, 4) is 0 Å². The van der Waals surface area contributed by atoms with Gasteiger partial charge in [-0.05, 0) is 56.1 Å². The summed E-state index contributed by atoms with van der Waals surface area (Å²) in [6.45, 7) is 4.44. The molecule has 0 amide bonds. The molecule has 0 aromatic heterocycles. The Labute approximate surface area is 158 Å². The number of carbonyl (C=O) groups excluding carboxylic acids is 1. The van der Waals surface area contributed by atoms with Crippen LogP contribution < -0.4 is 0 Å². The van der Waals surface area contributed by atoms with Crippen molar-refractivity contribution in [2.45, 2.75) is 57.8 Å². The van der Waals surface area contributed by atoms with Gasteiger partial charge in [0.15, 0.2) is 0 Å². The Kier molecular flexibility index (Phi) is 6.08. The predicted octanol–water partition coefficient (Wildman–Crippen LogP) is 6.28.